The normalized spacial score (nSPS) is 9.95. The number of anilines is 1. The van der Waals surface area contributed by atoms with Crippen LogP contribution in [0.2, 0.25) is 0 Å². The van der Waals surface area contributed by atoms with Crippen LogP contribution in [-0.4, -0.2) is 23.3 Å². The predicted octanol–water partition coefficient (Wildman–Crippen LogP) is 1.52. The molecule has 0 unspecified atom stereocenters. The number of rotatable bonds is 4. The highest BCUT2D eigenvalue weighted by molar-refractivity contribution is 6.39. The van der Waals surface area contributed by atoms with Crippen LogP contribution in [0, 0.1) is 5.82 Å². The molecule has 108 valence electrons. The van der Waals surface area contributed by atoms with Crippen molar-refractivity contribution in [3.05, 3.63) is 60.2 Å². The van der Waals surface area contributed by atoms with Crippen molar-refractivity contribution in [3.63, 3.8) is 0 Å². The Labute approximate surface area is 121 Å². The fraction of sp³-hybridized carbons (Fsp3) is 0.133. The SMILES string of the molecule is O=C(NCCc1ccc(F)cc1)C(=O)Nc1cccnc1. The third kappa shape index (κ3) is 4.68. The molecular weight excluding hydrogens is 273 g/mol. The molecule has 0 saturated heterocycles. The van der Waals surface area contributed by atoms with Crippen molar-refractivity contribution in [1.82, 2.24) is 10.3 Å². The maximum atomic E-state index is 12.7. The molecule has 1 aromatic carbocycles. The van der Waals surface area contributed by atoms with Gasteiger partial charge in [-0.25, -0.2) is 4.39 Å². The van der Waals surface area contributed by atoms with E-state index in [1.807, 2.05) is 0 Å². The second kappa shape index (κ2) is 7.14. The molecule has 2 amide bonds. The minimum atomic E-state index is -0.748. The number of halogens is 1. The predicted molar refractivity (Wildman–Crippen MR) is 76.0 cm³/mol. The van der Waals surface area contributed by atoms with Crippen LogP contribution in [0.25, 0.3) is 0 Å². The first-order valence-corrected chi connectivity index (χ1v) is 6.39. The first-order chi connectivity index (χ1) is 10.1. The van der Waals surface area contributed by atoms with Gasteiger partial charge in [-0.2, -0.15) is 0 Å². The van der Waals surface area contributed by atoms with Crippen molar-refractivity contribution in [2.75, 3.05) is 11.9 Å². The van der Waals surface area contributed by atoms with E-state index in [9.17, 15) is 14.0 Å². The Hall–Kier alpha value is -2.76. The highest BCUT2D eigenvalue weighted by Gasteiger charge is 2.12. The van der Waals surface area contributed by atoms with Crippen LogP contribution in [0.1, 0.15) is 5.56 Å². The summed E-state index contributed by atoms with van der Waals surface area (Å²) in [6.07, 6.45) is 3.54. The summed E-state index contributed by atoms with van der Waals surface area (Å²) in [5, 5.41) is 4.94. The number of nitrogens with one attached hydrogen (secondary N) is 2. The lowest BCUT2D eigenvalue weighted by Crippen LogP contribution is -2.36. The molecular formula is C15H14FN3O2. The highest BCUT2D eigenvalue weighted by atomic mass is 19.1. The van der Waals surface area contributed by atoms with E-state index in [2.05, 4.69) is 15.6 Å². The summed E-state index contributed by atoms with van der Waals surface area (Å²) >= 11 is 0. The van der Waals surface area contributed by atoms with Gasteiger partial charge < -0.3 is 10.6 Å². The number of hydrogen-bond donors (Lipinski definition) is 2. The van der Waals surface area contributed by atoms with E-state index >= 15 is 0 Å². The molecule has 6 heteroatoms. The molecule has 0 spiro atoms. The number of hydrogen-bond acceptors (Lipinski definition) is 3. The first-order valence-electron chi connectivity index (χ1n) is 6.39. The van der Waals surface area contributed by atoms with Crippen molar-refractivity contribution in [3.8, 4) is 0 Å². The van der Waals surface area contributed by atoms with E-state index in [1.54, 1.807) is 30.5 Å². The molecule has 2 N–H and O–H groups in total. The monoisotopic (exact) mass is 287 g/mol. The molecule has 1 heterocycles. The van der Waals surface area contributed by atoms with E-state index in [4.69, 9.17) is 0 Å². The summed E-state index contributed by atoms with van der Waals surface area (Å²) in [7, 11) is 0. The average Bonchev–Trinajstić information content (AvgIpc) is 2.50. The topological polar surface area (TPSA) is 71.1 Å². The minimum absolute atomic E-state index is 0.297. The Morgan fingerprint density at radius 2 is 1.86 bits per heavy atom. The Bertz CT molecular complexity index is 615. The Balaban J connectivity index is 1.76. The highest BCUT2D eigenvalue weighted by Crippen LogP contribution is 2.03. The second-order valence-corrected chi connectivity index (χ2v) is 4.33. The summed E-state index contributed by atoms with van der Waals surface area (Å²) in [5.41, 5.74) is 1.33. The summed E-state index contributed by atoms with van der Waals surface area (Å²) in [4.78, 5) is 27.0. The van der Waals surface area contributed by atoms with Gasteiger partial charge in [-0.3, -0.25) is 14.6 Å². The molecule has 0 fully saturated rings. The molecule has 0 atom stereocenters. The average molecular weight is 287 g/mol. The molecule has 1 aromatic heterocycles. The number of pyridine rings is 1. The lowest BCUT2D eigenvalue weighted by Gasteiger charge is -2.06. The molecule has 5 nitrogen and oxygen atoms in total. The maximum absolute atomic E-state index is 12.7. The number of amides is 2. The third-order valence-corrected chi connectivity index (χ3v) is 2.74. The van der Waals surface area contributed by atoms with Crippen molar-refractivity contribution in [1.29, 1.82) is 0 Å². The van der Waals surface area contributed by atoms with E-state index in [1.165, 1.54) is 18.3 Å². The number of carbonyl (C=O) groups excluding carboxylic acids is 2. The lowest BCUT2D eigenvalue weighted by atomic mass is 10.1. The molecule has 0 radical (unpaired) electrons. The molecule has 0 aliphatic rings. The zero-order valence-corrected chi connectivity index (χ0v) is 11.2. The zero-order valence-electron chi connectivity index (χ0n) is 11.2. The molecule has 2 aromatic rings. The number of nitrogens with zero attached hydrogens (tertiary/aromatic N) is 1. The van der Waals surface area contributed by atoms with Gasteiger partial charge in [-0.15, -0.1) is 0 Å². The fourth-order valence-corrected chi connectivity index (χ4v) is 1.68. The number of aromatic nitrogens is 1. The minimum Gasteiger partial charge on any atom is -0.347 e. The Kier molecular flexibility index (Phi) is 4.98. The lowest BCUT2D eigenvalue weighted by molar-refractivity contribution is -0.136. The van der Waals surface area contributed by atoms with Gasteiger partial charge in [-0.1, -0.05) is 12.1 Å². The van der Waals surface area contributed by atoms with Gasteiger partial charge in [0.05, 0.1) is 11.9 Å². The first kappa shape index (κ1) is 14.6. The van der Waals surface area contributed by atoms with E-state index in [-0.39, 0.29) is 5.82 Å². The second-order valence-electron chi connectivity index (χ2n) is 4.33. The van der Waals surface area contributed by atoms with Gasteiger partial charge in [0.15, 0.2) is 0 Å². The molecule has 2 rings (SSSR count). The van der Waals surface area contributed by atoms with Gasteiger partial charge in [-0.05, 0) is 36.2 Å². The van der Waals surface area contributed by atoms with Crippen molar-refractivity contribution in [2.45, 2.75) is 6.42 Å². The molecule has 0 aliphatic heterocycles. The maximum Gasteiger partial charge on any atom is 0.313 e. The van der Waals surface area contributed by atoms with Crippen molar-refractivity contribution < 1.29 is 14.0 Å². The van der Waals surface area contributed by atoms with Crippen LogP contribution >= 0.6 is 0 Å². The quantitative estimate of drug-likeness (QED) is 0.838. The van der Waals surface area contributed by atoms with E-state index in [0.29, 0.717) is 18.7 Å². The summed E-state index contributed by atoms with van der Waals surface area (Å²) in [6.45, 7) is 0.297. The third-order valence-electron chi connectivity index (χ3n) is 2.74. The fourth-order valence-electron chi connectivity index (χ4n) is 1.68. The van der Waals surface area contributed by atoms with E-state index in [0.717, 1.165) is 5.56 Å². The molecule has 0 aliphatic carbocycles. The van der Waals surface area contributed by atoms with Crippen LogP contribution in [0.3, 0.4) is 0 Å². The smallest absolute Gasteiger partial charge is 0.313 e. The summed E-state index contributed by atoms with van der Waals surface area (Å²) in [6, 6.07) is 9.27. The van der Waals surface area contributed by atoms with Gasteiger partial charge in [0.2, 0.25) is 0 Å². The van der Waals surface area contributed by atoms with Gasteiger partial charge in [0, 0.05) is 12.7 Å². The molecule has 0 saturated carbocycles. The van der Waals surface area contributed by atoms with Crippen LogP contribution in [0.5, 0.6) is 0 Å². The zero-order chi connectivity index (χ0) is 15.1. The van der Waals surface area contributed by atoms with Gasteiger partial charge in [0.25, 0.3) is 0 Å². The van der Waals surface area contributed by atoms with Crippen LogP contribution in [0.15, 0.2) is 48.8 Å². The molecule has 21 heavy (non-hydrogen) atoms. The van der Waals surface area contributed by atoms with Crippen LogP contribution in [-0.2, 0) is 16.0 Å². The van der Waals surface area contributed by atoms with Crippen LogP contribution < -0.4 is 10.6 Å². The standard InChI is InChI=1S/C15H14FN3O2/c16-12-5-3-11(4-6-12)7-9-18-14(20)15(21)19-13-2-1-8-17-10-13/h1-6,8,10H,7,9H2,(H,18,20)(H,19,21). The van der Waals surface area contributed by atoms with Gasteiger partial charge >= 0.3 is 11.8 Å². The number of benzene rings is 1. The van der Waals surface area contributed by atoms with Crippen LogP contribution in [0.4, 0.5) is 10.1 Å². The van der Waals surface area contributed by atoms with E-state index < -0.39 is 11.8 Å². The summed E-state index contributed by atoms with van der Waals surface area (Å²) < 4.78 is 12.7. The molecule has 0 bridgehead atoms. The van der Waals surface area contributed by atoms with Crippen molar-refractivity contribution >= 4 is 17.5 Å². The largest absolute Gasteiger partial charge is 0.347 e. The van der Waals surface area contributed by atoms with Gasteiger partial charge in [0.1, 0.15) is 5.82 Å². The number of carbonyl (C=O) groups is 2. The summed E-state index contributed by atoms with van der Waals surface area (Å²) in [5.74, 6) is -1.78. The van der Waals surface area contributed by atoms with Crippen molar-refractivity contribution in [2.24, 2.45) is 0 Å². The Morgan fingerprint density at radius 3 is 2.52 bits per heavy atom. The Morgan fingerprint density at radius 1 is 1.10 bits per heavy atom.